The van der Waals surface area contributed by atoms with Gasteiger partial charge in [0.15, 0.2) is 0 Å². The topological polar surface area (TPSA) is 52.0 Å². The number of thiazole rings is 1. The van der Waals surface area contributed by atoms with Gasteiger partial charge < -0.3 is 0 Å². The van der Waals surface area contributed by atoms with Gasteiger partial charge in [0.1, 0.15) is 0 Å². The minimum Gasteiger partial charge on any atom is -0.249 e. The first-order chi connectivity index (χ1) is 10.4. The SMILES string of the molecule is Cc1ccc(S(=O)(=O)n2cc(Cl)cc2-c2scnc2C)cc1. The molecule has 0 fully saturated rings. The van der Waals surface area contributed by atoms with Gasteiger partial charge in [0, 0.05) is 6.20 Å². The molecular formula is C15H13ClN2O2S2. The Labute approximate surface area is 138 Å². The molecule has 0 aliphatic rings. The molecule has 7 heteroatoms. The molecular weight excluding hydrogens is 340 g/mol. The summed E-state index contributed by atoms with van der Waals surface area (Å²) >= 11 is 7.44. The zero-order valence-electron chi connectivity index (χ0n) is 11.9. The molecule has 2 aromatic heterocycles. The van der Waals surface area contributed by atoms with Crippen LogP contribution in [0.1, 0.15) is 11.3 Å². The third-order valence-corrected chi connectivity index (χ3v) is 6.15. The fraction of sp³-hybridized carbons (Fsp3) is 0.133. The third-order valence-electron chi connectivity index (χ3n) is 3.31. The number of hydrogen-bond donors (Lipinski definition) is 0. The van der Waals surface area contributed by atoms with Gasteiger partial charge >= 0.3 is 0 Å². The molecule has 0 spiro atoms. The number of aromatic nitrogens is 2. The zero-order valence-corrected chi connectivity index (χ0v) is 14.3. The Balaban J connectivity index is 2.20. The number of halogens is 1. The summed E-state index contributed by atoms with van der Waals surface area (Å²) < 4.78 is 27.0. The van der Waals surface area contributed by atoms with Gasteiger partial charge in [-0.25, -0.2) is 17.4 Å². The highest BCUT2D eigenvalue weighted by atomic mass is 35.5. The quantitative estimate of drug-likeness (QED) is 0.712. The van der Waals surface area contributed by atoms with Crippen LogP contribution in [0.4, 0.5) is 0 Å². The van der Waals surface area contributed by atoms with E-state index in [2.05, 4.69) is 4.98 Å². The molecule has 0 saturated heterocycles. The second-order valence-electron chi connectivity index (χ2n) is 4.92. The van der Waals surface area contributed by atoms with E-state index in [9.17, 15) is 8.42 Å². The third kappa shape index (κ3) is 2.58. The molecule has 0 atom stereocenters. The maximum absolute atomic E-state index is 12.9. The summed E-state index contributed by atoms with van der Waals surface area (Å²) in [7, 11) is -3.70. The summed E-state index contributed by atoms with van der Waals surface area (Å²) in [6.07, 6.45) is 1.42. The summed E-state index contributed by atoms with van der Waals surface area (Å²) in [5.74, 6) is 0. The first-order valence-electron chi connectivity index (χ1n) is 6.50. The molecule has 0 radical (unpaired) electrons. The first-order valence-corrected chi connectivity index (χ1v) is 9.20. The van der Waals surface area contributed by atoms with Crippen molar-refractivity contribution >= 4 is 33.0 Å². The highest BCUT2D eigenvalue weighted by Crippen LogP contribution is 2.33. The van der Waals surface area contributed by atoms with Crippen LogP contribution in [0.2, 0.25) is 5.02 Å². The largest absolute Gasteiger partial charge is 0.268 e. The highest BCUT2D eigenvalue weighted by molar-refractivity contribution is 7.90. The van der Waals surface area contributed by atoms with Crippen molar-refractivity contribution in [2.24, 2.45) is 0 Å². The van der Waals surface area contributed by atoms with Gasteiger partial charge in [-0.2, -0.15) is 0 Å². The standard InChI is InChI=1S/C15H13ClN2O2S2/c1-10-3-5-13(6-4-10)22(19,20)18-8-12(16)7-14(18)15-11(2)17-9-21-15/h3-9H,1-2H3. The summed E-state index contributed by atoms with van der Waals surface area (Å²) in [4.78, 5) is 5.20. The van der Waals surface area contributed by atoms with Gasteiger partial charge in [0.05, 0.1) is 31.7 Å². The molecule has 0 N–H and O–H groups in total. The van der Waals surface area contributed by atoms with Crippen LogP contribution in [0.3, 0.4) is 0 Å². The summed E-state index contributed by atoms with van der Waals surface area (Å²) in [5.41, 5.74) is 4.00. The van der Waals surface area contributed by atoms with Crippen LogP contribution in [-0.4, -0.2) is 17.4 Å². The van der Waals surface area contributed by atoms with E-state index in [4.69, 9.17) is 11.6 Å². The van der Waals surface area contributed by atoms with Crippen molar-refractivity contribution in [3.63, 3.8) is 0 Å². The number of nitrogens with zero attached hydrogens (tertiary/aromatic N) is 2. The average molecular weight is 353 g/mol. The number of rotatable bonds is 3. The molecule has 3 rings (SSSR count). The minimum atomic E-state index is -3.70. The molecule has 0 bridgehead atoms. The minimum absolute atomic E-state index is 0.230. The normalized spacial score (nSPS) is 11.8. The Hall–Kier alpha value is -1.63. The van der Waals surface area contributed by atoms with Gasteiger partial charge in [-0.3, -0.25) is 0 Å². The lowest BCUT2D eigenvalue weighted by Gasteiger charge is -2.10. The second kappa shape index (κ2) is 5.53. The van der Waals surface area contributed by atoms with Gasteiger partial charge in [0.2, 0.25) is 0 Å². The second-order valence-corrected chi connectivity index (χ2v) is 8.03. The lowest BCUT2D eigenvalue weighted by Crippen LogP contribution is -2.13. The van der Waals surface area contributed by atoms with Crippen molar-refractivity contribution in [2.75, 3.05) is 0 Å². The summed E-state index contributed by atoms with van der Waals surface area (Å²) in [5, 5.41) is 0.374. The van der Waals surface area contributed by atoms with Gasteiger partial charge in [0.25, 0.3) is 10.0 Å². The number of benzene rings is 1. The monoisotopic (exact) mass is 352 g/mol. The summed E-state index contributed by atoms with van der Waals surface area (Å²) in [6, 6.07) is 8.39. The molecule has 1 aromatic carbocycles. The van der Waals surface area contributed by atoms with Crippen LogP contribution >= 0.6 is 22.9 Å². The van der Waals surface area contributed by atoms with Crippen molar-refractivity contribution < 1.29 is 8.42 Å². The van der Waals surface area contributed by atoms with E-state index in [0.717, 1.165) is 16.1 Å². The van der Waals surface area contributed by atoms with Crippen molar-refractivity contribution in [1.29, 1.82) is 0 Å². The molecule has 0 unspecified atom stereocenters. The van der Waals surface area contributed by atoms with Crippen LogP contribution in [-0.2, 0) is 10.0 Å². The Kier molecular flexibility index (Phi) is 3.84. The van der Waals surface area contributed by atoms with Crippen LogP contribution in [0.15, 0.2) is 46.9 Å². The van der Waals surface area contributed by atoms with E-state index in [0.29, 0.717) is 10.7 Å². The first kappa shape index (κ1) is 15.3. The molecule has 4 nitrogen and oxygen atoms in total. The molecule has 22 heavy (non-hydrogen) atoms. The lowest BCUT2D eigenvalue weighted by molar-refractivity contribution is 0.588. The molecule has 3 aromatic rings. The maximum Gasteiger partial charge on any atom is 0.268 e. The molecule has 2 heterocycles. The average Bonchev–Trinajstić information content (AvgIpc) is 3.05. The highest BCUT2D eigenvalue weighted by Gasteiger charge is 2.23. The number of aryl methyl sites for hydroxylation is 2. The van der Waals surface area contributed by atoms with E-state index in [-0.39, 0.29) is 4.90 Å². The Morgan fingerprint density at radius 3 is 2.45 bits per heavy atom. The van der Waals surface area contributed by atoms with Crippen LogP contribution in [0.25, 0.3) is 10.6 Å². The van der Waals surface area contributed by atoms with E-state index >= 15 is 0 Å². The Morgan fingerprint density at radius 2 is 1.86 bits per heavy atom. The van der Waals surface area contributed by atoms with Crippen molar-refractivity contribution in [1.82, 2.24) is 8.96 Å². The number of hydrogen-bond acceptors (Lipinski definition) is 4. The Morgan fingerprint density at radius 1 is 1.18 bits per heavy atom. The maximum atomic E-state index is 12.9. The lowest BCUT2D eigenvalue weighted by atomic mass is 10.2. The Bertz CT molecular complexity index is 925. The van der Waals surface area contributed by atoms with E-state index in [1.165, 1.54) is 21.5 Å². The van der Waals surface area contributed by atoms with Gasteiger partial charge in [-0.05, 0) is 32.0 Å². The van der Waals surface area contributed by atoms with E-state index in [1.807, 2.05) is 13.8 Å². The predicted octanol–water partition coefficient (Wildman–Crippen LogP) is 4.12. The zero-order chi connectivity index (χ0) is 15.9. The molecule has 0 saturated carbocycles. The van der Waals surface area contributed by atoms with Crippen LogP contribution < -0.4 is 0 Å². The fourth-order valence-corrected chi connectivity index (χ4v) is 4.65. The van der Waals surface area contributed by atoms with Crippen molar-refractivity contribution in [3.05, 3.63) is 58.3 Å². The van der Waals surface area contributed by atoms with Crippen LogP contribution in [0, 0.1) is 13.8 Å². The van der Waals surface area contributed by atoms with Crippen LogP contribution in [0.5, 0.6) is 0 Å². The molecule has 0 amide bonds. The molecule has 0 aliphatic carbocycles. The predicted molar refractivity (Wildman–Crippen MR) is 89.0 cm³/mol. The van der Waals surface area contributed by atoms with Crippen molar-refractivity contribution in [2.45, 2.75) is 18.7 Å². The summed E-state index contributed by atoms with van der Waals surface area (Å²) in [6.45, 7) is 3.75. The van der Waals surface area contributed by atoms with Gasteiger partial charge in [-0.15, -0.1) is 11.3 Å². The smallest absolute Gasteiger partial charge is 0.249 e. The molecule has 114 valence electrons. The van der Waals surface area contributed by atoms with E-state index < -0.39 is 10.0 Å². The molecule has 0 aliphatic heterocycles. The van der Waals surface area contributed by atoms with Gasteiger partial charge in [-0.1, -0.05) is 29.3 Å². The van der Waals surface area contributed by atoms with Crippen molar-refractivity contribution in [3.8, 4) is 10.6 Å². The fourth-order valence-electron chi connectivity index (χ4n) is 2.15. The van der Waals surface area contributed by atoms with E-state index in [1.54, 1.807) is 35.8 Å².